The summed E-state index contributed by atoms with van der Waals surface area (Å²) in [5.41, 5.74) is 0. The van der Waals surface area contributed by atoms with Gasteiger partial charge in [-0.2, -0.15) is 0 Å². The summed E-state index contributed by atoms with van der Waals surface area (Å²) in [5.74, 6) is 0.776. The van der Waals surface area contributed by atoms with Gasteiger partial charge < -0.3 is 0 Å². The maximum absolute atomic E-state index is 11.7. The van der Waals surface area contributed by atoms with Crippen molar-refractivity contribution in [2.24, 2.45) is 0 Å². The van der Waals surface area contributed by atoms with Crippen molar-refractivity contribution >= 4 is 44.2 Å². The third-order valence-electron chi connectivity index (χ3n) is 3.18. The predicted octanol–water partition coefficient (Wildman–Crippen LogP) is 1.43. The molecule has 0 radical (unpaired) electrons. The fraction of sp³-hybridized carbons (Fsp3) is 0.750. The normalized spacial score (nSPS) is 15.3. The molecule has 1 aromatic rings. The van der Waals surface area contributed by atoms with Crippen LogP contribution in [-0.2, 0) is 14.8 Å². The molecule has 1 fully saturated rings. The summed E-state index contributed by atoms with van der Waals surface area (Å²) in [6, 6.07) is 0.272. The van der Waals surface area contributed by atoms with Gasteiger partial charge in [0.05, 0.1) is 5.75 Å². The van der Waals surface area contributed by atoms with E-state index >= 15 is 0 Å². The Morgan fingerprint density at radius 2 is 2.05 bits per heavy atom. The van der Waals surface area contributed by atoms with Crippen molar-refractivity contribution in [2.45, 2.75) is 36.6 Å². The van der Waals surface area contributed by atoms with Gasteiger partial charge in [-0.1, -0.05) is 23.1 Å². The molecule has 0 atom stereocenters. The number of hydrogen-bond acceptors (Lipinski definition) is 7. The Kier molecular flexibility index (Phi) is 5.81. The van der Waals surface area contributed by atoms with E-state index in [0.717, 1.165) is 17.2 Å². The number of thioether (sulfide) groups is 1. The van der Waals surface area contributed by atoms with E-state index in [2.05, 4.69) is 10.2 Å². The lowest BCUT2D eigenvalue weighted by Gasteiger charge is -2.15. The molecule has 124 valence electrons. The summed E-state index contributed by atoms with van der Waals surface area (Å²) >= 11 is 2.87. The van der Waals surface area contributed by atoms with E-state index in [9.17, 15) is 13.2 Å². The highest BCUT2D eigenvalue weighted by molar-refractivity contribution is 8.01. The van der Waals surface area contributed by atoms with Gasteiger partial charge in [0.15, 0.2) is 4.34 Å². The zero-order valence-electron chi connectivity index (χ0n) is 12.9. The highest BCUT2D eigenvalue weighted by Gasteiger charge is 2.34. The Morgan fingerprint density at radius 3 is 2.59 bits per heavy atom. The molecule has 0 saturated heterocycles. The summed E-state index contributed by atoms with van der Waals surface area (Å²) < 4.78 is 25.3. The third-order valence-corrected chi connectivity index (χ3v) is 7.24. The van der Waals surface area contributed by atoms with Gasteiger partial charge >= 0.3 is 0 Å². The Hall–Kier alpha value is -0.710. The van der Waals surface area contributed by atoms with E-state index in [4.69, 9.17) is 0 Å². The summed E-state index contributed by atoms with van der Waals surface area (Å²) in [7, 11) is -0.0697. The number of nitrogens with zero attached hydrogens (tertiary/aromatic N) is 4. The van der Waals surface area contributed by atoms with Crippen LogP contribution in [0.2, 0.25) is 0 Å². The number of anilines is 1. The largest absolute Gasteiger partial charge is 0.284 e. The molecular weight excluding hydrogens is 344 g/mol. The highest BCUT2D eigenvalue weighted by atomic mass is 32.2. The lowest BCUT2D eigenvalue weighted by molar-refractivity contribution is -0.116. The van der Waals surface area contributed by atoms with E-state index in [1.807, 2.05) is 0 Å². The van der Waals surface area contributed by atoms with Crippen LogP contribution in [0.5, 0.6) is 0 Å². The molecule has 2 rings (SSSR count). The van der Waals surface area contributed by atoms with Crippen molar-refractivity contribution in [3.05, 3.63) is 0 Å². The first-order valence-corrected chi connectivity index (χ1v) is 10.4. The zero-order chi connectivity index (χ0) is 16.3. The van der Waals surface area contributed by atoms with Crippen LogP contribution in [-0.4, -0.2) is 60.5 Å². The van der Waals surface area contributed by atoms with E-state index < -0.39 is 10.0 Å². The number of amides is 1. The number of hydrogen-bond donors (Lipinski definition) is 0. The maximum atomic E-state index is 11.7. The molecule has 1 heterocycles. The van der Waals surface area contributed by atoms with Crippen LogP contribution in [0.25, 0.3) is 0 Å². The van der Waals surface area contributed by atoms with Gasteiger partial charge in [0, 0.05) is 32.8 Å². The van der Waals surface area contributed by atoms with Gasteiger partial charge in [-0.05, 0) is 19.3 Å². The molecule has 0 aromatic carbocycles. The first kappa shape index (κ1) is 17.6. The Morgan fingerprint density at radius 1 is 1.36 bits per heavy atom. The lowest BCUT2D eigenvalue weighted by atomic mass is 10.5. The molecule has 7 nitrogen and oxygen atoms in total. The van der Waals surface area contributed by atoms with Crippen LogP contribution in [0, 0.1) is 0 Å². The monoisotopic (exact) mass is 364 g/mol. The number of carbonyl (C=O) groups excluding carboxylic acids is 1. The first-order valence-electron chi connectivity index (χ1n) is 6.97. The van der Waals surface area contributed by atoms with Crippen LogP contribution in [0.1, 0.15) is 26.2 Å². The lowest BCUT2D eigenvalue weighted by Crippen LogP contribution is -2.30. The zero-order valence-corrected chi connectivity index (χ0v) is 15.3. The van der Waals surface area contributed by atoms with Gasteiger partial charge in [-0.25, -0.2) is 12.7 Å². The summed E-state index contributed by atoms with van der Waals surface area (Å²) in [6.45, 7) is 1.54. The molecule has 0 spiro atoms. The molecule has 1 saturated carbocycles. The van der Waals surface area contributed by atoms with Crippen LogP contribution < -0.4 is 4.90 Å². The quantitative estimate of drug-likeness (QED) is 0.394. The van der Waals surface area contributed by atoms with Crippen LogP contribution in [0.3, 0.4) is 0 Å². The smallest absolute Gasteiger partial charge is 0.225 e. The van der Waals surface area contributed by atoms with E-state index in [1.54, 1.807) is 11.8 Å². The highest BCUT2D eigenvalue weighted by Crippen LogP contribution is 2.35. The Bertz CT molecular complexity index is 625. The minimum Gasteiger partial charge on any atom is -0.284 e. The second kappa shape index (κ2) is 7.24. The van der Waals surface area contributed by atoms with E-state index in [-0.39, 0.29) is 17.7 Å². The van der Waals surface area contributed by atoms with Gasteiger partial charge in [-0.15, -0.1) is 10.2 Å². The predicted molar refractivity (Wildman–Crippen MR) is 88.9 cm³/mol. The Labute approximate surface area is 139 Å². The van der Waals surface area contributed by atoms with E-state index in [1.165, 1.54) is 41.5 Å². The molecule has 0 aliphatic heterocycles. The molecule has 10 heteroatoms. The second-order valence-corrected chi connectivity index (χ2v) is 9.87. The molecule has 0 N–H and O–H groups in total. The van der Waals surface area contributed by atoms with Crippen LogP contribution >= 0.6 is 23.1 Å². The van der Waals surface area contributed by atoms with Crippen molar-refractivity contribution in [3.8, 4) is 0 Å². The minimum atomic E-state index is -3.14. The van der Waals surface area contributed by atoms with Crippen molar-refractivity contribution in [1.29, 1.82) is 0 Å². The number of aromatic nitrogens is 2. The molecule has 1 aliphatic rings. The number of sulfonamides is 1. The first-order chi connectivity index (χ1) is 10.3. The fourth-order valence-electron chi connectivity index (χ4n) is 1.82. The van der Waals surface area contributed by atoms with Crippen LogP contribution in [0.4, 0.5) is 5.13 Å². The molecular formula is C12H20N4O3S3. The van der Waals surface area contributed by atoms with E-state index in [0.29, 0.717) is 17.3 Å². The average molecular weight is 365 g/mol. The third kappa shape index (κ3) is 4.64. The van der Waals surface area contributed by atoms with Crippen molar-refractivity contribution in [1.82, 2.24) is 14.5 Å². The van der Waals surface area contributed by atoms with Gasteiger partial charge in [0.2, 0.25) is 21.1 Å². The van der Waals surface area contributed by atoms with Gasteiger partial charge in [0.25, 0.3) is 0 Å². The minimum absolute atomic E-state index is 0.00715. The maximum Gasteiger partial charge on any atom is 0.225 e. The average Bonchev–Trinajstić information content (AvgIpc) is 3.13. The molecule has 1 aliphatic carbocycles. The van der Waals surface area contributed by atoms with Crippen molar-refractivity contribution in [3.63, 3.8) is 0 Å². The summed E-state index contributed by atoms with van der Waals surface area (Å²) in [6.07, 6.45) is 2.59. The molecule has 0 unspecified atom stereocenters. The fourth-order valence-corrected chi connectivity index (χ4v) is 4.85. The summed E-state index contributed by atoms with van der Waals surface area (Å²) in [4.78, 5) is 13.4. The molecule has 1 amide bonds. The van der Waals surface area contributed by atoms with Crippen molar-refractivity contribution in [2.75, 3.05) is 30.5 Å². The van der Waals surface area contributed by atoms with Gasteiger partial charge in [0.1, 0.15) is 0 Å². The molecule has 0 bridgehead atoms. The van der Waals surface area contributed by atoms with Gasteiger partial charge in [-0.3, -0.25) is 9.69 Å². The summed E-state index contributed by atoms with van der Waals surface area (Å²) in [5, 5.41) is 8.79. The second-order valence-electron chi connectivity index (χ2n) is 5.27. The standard InChI is InChI=1S/C12H20N4O3S3/c1-9(17)16(10-5-6-10)11-13-14-12(21-11)20-7-4-8-22(18,19)15(2)3/h10H,4-8H2,1-3H3. The Balaban J connectivity index is 1.84. The number of carbonyl (C=O) groups is 1. The topological polar surface area (TPSA) is 83.5 Å². The molecule has 1 aromatic heterocycles. The van der Waals surface area contributed by atoms with Crippen molar-refractivity contribution < 1.29 is 13.2 Å². The van der Waals surface area contributed by atoms with Crippen LogP contribution in [0.15, 0.2) is 4.34 Å². The molecule has 22 heavy (non-hydrogen) atoms. The SMILES string of the molecule is CC(=O)N(c1nnc(SCCCS(=O)(=O)N(C)C)s1)C1CC1. The number of rotatable bonds is 8.